The van der Waals surface area contributed by atoms with Gasteiger partial charge in [0, 0.05) is 18.1 Å². The molecule has 0 bridgehead atoms. The van der Waals surface area contributed by atoms with Crippen molar-refractivity contribution in [3.05, 3.63) is 58.0 Å². The Morgan fingerprint density at radius 2 is 1.79 bits per heavy atom. The molecule has 1 aliphatic carbocycles. The van der Waals surface area contributed by atoms with Crippen molar-refractivity contribution in [2.45, 2.75) is 36.6 Å². The summed E-state index contributed by atoms with van der Waals surface area (Å²) in [7, 11) is 0. The highest BCUT2D eigenvalue weighted by Gasteiger charge is 2.53. The van der Waals surface area contributed by atoms with Gasteiger partial charge in [-0.15, -0.1) is 11.3 Å². The Balaban J connectivity index is 1.61. The standard InChI is InChI=1S/C19H20FNO2S/c20-15-5-3-14(4-6-15)18(7-8-18)17(22)21-19(9-11-23-12-10-19)16-2-1-13-24-16/h1-6,13H,7-12H2,(H,21,22). The topological polar surface area (TPSA) is 38.3 Å². The lowest BCUT2D eigenvalue weighted by molar-refractivity contribution is -0.127. The van der Waals surface area contributed by atoms with Crippen molar-refractivity contribution in [2.24, 2.45) is 0 Å². The molecule has 1 aliphatic heterocycles. The van der Waals surface area contributed by atoms with Crippen LogP contribution in [0.15, 0.2) is 41.8 Å². The van der Waals surface area contributed by atoms with Gasteiger partial charge >= 0.3 is 0 Å². The zero-order chi connectivity index (χ0) is 16.6. The molecule has 2 aromatic rings. The van der Waals surface area contributed by atoms with Crippen LogP contribution in [0, 0.1) is 5.82 Å². The number of thiophene rings is 1. The van der Waals surface area contributed by atoms with Crippen LogP contribution in [0.4, 0.5) is 4.39 Å². The molecule has 0 radical (unpaired) electrons. The first kappa shape index (κ1) is 15.8. The van der Waals surface area contributed by atoms with Gasteiger partial charge in [-0.05, 0) is 54.8 Å². The van der Waals surface area contributed by atoms with Crippen molar-refractivity contribution in [2.75, 3.05) is 13.2 Å². The Labute approximate surface area is 144 Å². The predicted molar refractivity (Wildman–Crippen MR) is 91.5 cm³/mol. The Morgan fingerprint density at radius 1 is 1.08 bits per heavy atom. The first-order valence-corrected chi connectivity index (χ1v) is 9.23. The number of nitrogens with one attached hydrogen (secondary N) is 1. The number of ether oxygens (including phenoxy) is 1. The van der Waals surface area contributed by atoms with Gasteiger partial charge in [0.25, 0.3) is 0 Å². The molecular weight excluding hydrogens is 325 g/mol. The summed E-state index contributed by atoms with van der Waals surface area (Å²) in [6.45, 7) is 1.31. The lowest BCUT2D eigenvalue weighted by Gasteiger charge is -2.38. The Hall–Kier alpha value is -1.72. The molecule has 1 saturated heterocycles. The van der Waals surface area contributed by atoms with Gasteiger partial charge in [-0.1, -0.05) is 18.2 Å². The molecule has 1 saturated carbocycles. The first-order valence-electron chi connectivity index (χ1n) is 8.35. The van der Waals surface area contributed by atoms with E-state index < -0.39 is 5.41 Å². The molecule has 2 fully saturated rings. The van der Waals surface area contributed by atoms with Crippen LogP contribution < -0.4 is 5.32 Å². The van der Waals surface area contributed by atoms with E-state index in [1.807, 2.05) is 11.4 Å². The second kappa shape index (κ2) is 5.97. The zero-order valence-electron chi connectivity index (χ0n) is 13.4. The average molecular weight is 345 g/mol. The van der Waals surface area contributed by atoms with Crippen LogP contribution in [-0.4, -0.2) is 19.1 Å². The molecule has 2 heterocycles. The van der Waals surface area contributed by atoms with Crippen LogP contribution in [0.5, 0.6) is 0 Å². The van der Waals surface area contributed by atoms with E-state index in [0.29, 0.717) is 13.2 Å². The van der Waals surface area contributed by atoms with Gasteiger partial charge in [-0.25, -0.2) is 4.39 Å². The van der Waals surface area contributed by atoms with E-state index >= 15 is 0 Å². The van der Waals surface area contributed by atoms with Gasteiger partial charge < -0.3 is 10.1 Å². The van der Waals surface area contributed by atoms with Gasteiger partial charge in [0.1, 0.15) is 5.82 Å². The molecule has 1 aromatic heterocycles. The van der Waals surface area contributed by atoms with Crippen LogP contribution in [0.1, 0.15) is 36.1 Å². The molecule has 4 rings (SSSR count). The Bertz CT molecular complexity index is 716. The molecule has 0 unspecified atom stereocenters. The fraction of sp³-hybridized carbons (Fsp3) is 0.421. The summed E-state index contributed by atoms with van der Waals surface area (Å²) in [6, 6.07) is 10.5. The van der Waals surface area contributed by atoms with Gasteiger partial charge in [0.05, 0.1) is 11.0 Å². The summed E-state index contributed by atoms with van der Waals surface area (Å²) in [6.07, 6.45) is 3.22. The van der Waals surface area contributed by atoms with E-state index in [1.165, 1.54) is 17.0 Å². The fourth-order valence-electron chi connectivity index (χ4n) is 3.58. The molecular formula is C19H20FNO2S. The van der Waals surface area contributed by atoms with Crippen molar-refractivity contribution < 1.29 is 13.9 Å². The number of hydrogen-bond acceptors (Lipinski definition) is 3. The second-order valence-corrected chi connectivity index (χ2v) is 7.66. The second-order valence-electron chi connectivity index (χ2n) is 6.71. The highest BCUT2D eigenvalue weighted by Crippen LogP contribution is 2.49. The van der Waals surface area contributed by atoms with Crippen LogP contribution in [-0.2, 0) is 20.5 Å². The summed E-state index contributed by atoms with van der Waals surface area (Å²) < 4.78 is 18.7. The Kier molecular flexibility index (Phi) is 3.93. The van der Waals surface area contributed by atoms with Crippen LogP contribution >= 0.6 is 11.3 Å². The minimum atomic E-state index is -0.490. The lowest BCUT2D eigenvalue weighted by Crippen LogP contribution is -2.52. The molecule has 0 spiro atoms. The fourth-order valence-corrected chi connectivity index (χ4v) is 4.52. The highest BCUT2D eigenvalue weighted by molar-refractivity contribution is 7.10. The zero-order valence-corrected chi connectivity index (χ0v) is 14.2. The first-order chi connectivity index (χ1) is 11.6. The highest BCUT2D eigenvalue weighted by atomic mass is 32.1. The third kappa shape index (κ3) is 2.66. The average Bonchev–Trinajstić information content (AvgIpc) is 3.22. The van der Waals surface area contributed by atoms with Crippen LogP contribution in [0.2, 0.25) is 0 Å². The summed E-state index contributed by atoms with van der Waals surface area (Å²) in [5, 5.41) is 5.40. The summed E-state index contributed by atoms with van der Waals surface area (Å²) >= 11 is 1.68. The van der Waals surface area contributed by atoms with Gasteiger partial charge in [0.2, 0.25) is 5.91 Å². The molecule has 2 aliphatic rings. The molecule has 3 nitrogen and oxygen atoms in total. The summed E-state index contributed by atoms with van der Waals surface area (Å²) in [5.41, 5.74) is 0.0878. The van der Waals surface area contributed by atoms with E-state index in [1.54, 1.807) is 23.5 Å². The lowest BCUT2D eigenvalue weighted by atomic mass is 9.86. The smallest absolute Gasteiger partial charge is 0.231 e. The van der Waals surface area contributed by atoms with Crippen LogP contribution in [0.25, 0.3) is 0 Å². The molecule has 0 atom stereocenters. The number of halogens is 1. The van der Waals surface area contributed by atoms with Crippen LogP contribution in [0.3, 0.4) is 0 Å². The number of rotatable bonds is 4. The van der Waals surface area contributed by atoms with Crippen molar-refractivity contribution in [3.63, 3.8) is 0 Å². The van der Waals surface area contributed by atoms with Crippen molar-refractivity contribution in [1.82, 2.24) is 5.32 Å². The molecule has 1 aromatic carbocycles. The van der Waals surface area contributed by atoms with E-state index in [-0.39, 0.29) is 17.3 Å². The third-order valence-corrected chi connectivity index (χ3v) is 6.35. The molecule has 24 heavy (non-hydrogen) atoms. The summed E-state index contributed by atoms with van der Waals surface area (Å²) in [5.74, 6) is -0.209. The Morgan fingerprint density at radius 3 is 2.38 bits per heavy atom. The number of amides is 1. The van der Waals surface area contributed by atoms with E-state index in [0.717, 1.165) is 31.2 Å². The minimum Gasteiger partial charge on any atom is -0.381 e. The van der Waals surface area contributed by atoms with Crippen molar-refractivity contribution in [1.29, 1.82) is 0 Å². The minimum absolute atomic E-state index is 0.0596. The largest absolute Gasteiger partial charge is 0.381 e. The maximum Gasteiger partial charge on any atom is 0.231 e. The maximum absolute atomic E-state index is 13.2. The molecule has 126 valence electrons. The van der Waals surface area contributed by atoms with E-state index in [4.69, 9.17) is 4.74 Å². The summed E-state index contributed by atoms with van der Waals surface area (Å²) in [4.78, 5) is 14.3. The molecule has 1 N–H and O–H groups in total. The van der Waals surface area contributed by atoms with Crippen molar-refractivity contribution in [3.8, 4) is 0 Å². The predicted octanol–water partition coefficient (Wildman–Crippen LogP) is 3.74. The quantitative estimate of drug-likeness (QED) is 0.917. The molecule has 5 heteroatoms. The SMILES string of the molecule is O=C(NC1(c2cccs2)CCOCC1)C1(c2ccc(F)cc2)CC1. The monoisotopic (exact) mass is 345 g/mol. The third-order valence-electron chi connectivity index (χ3n) is 5.27. The van der Waals surface area contributed by atoms with Gasteiger partial charge in [-0.3, -0.25) is 4.79 Å². The maximum atomic E-state index is 13.2. The molecule has 1 amide bonds. The van der Waals surface area contributed by atoms with E-state index in [9.17, 15) is 9.18 Å². The van der Waals surface area contributed by atoms with Crippen molar-refractivity contribution >= 4 is 17.2 Å². The van der Waals surface area contributed by atoms with E-state index in [2.05, 4.69) is 11.4 Å². The normalized spacial score (nSPS) is 21.2. The number of benzene rings is 1. The number of carbonyl (C=O) groups is 1. The number of carbonyl (C=O) groups excluding carboxylic acids is 1. The van der Waals surface area contributed by atoms with Gasteiger partial charge in [0.15, 0.2) is 0 Å². The number of hydrogen-bond donors (Lipinski definition) is 1. The van der Waals surface area contributed by atoms with Gasteiger partial charge in [-0.2, -0.15) is 0 Å².